The minimum Gasteiger partial charge on any atom is -0.497 e. The Bertz CT molecular complexity index is 744. The lowest BCUT2D eigenvalue weighted by Gasteiger charge is -2.17. The number of anilines is 2. The third-order valence-electron chi connectivity index (χ3n) is 4.02. The number of rotatable bonds is 4. The number of carbonyl (C=O) groups is 2. The number of amides is 2. The summed E-state index contributed by atoms with van der Waals surface area (Å²) in [5.74, 6) is -0.379. The Morgan fingerprint density at radius 3 is 2.46 bits per heavy atom. The highest BCUT2D eigenvalue weighted by atomic mass is 79.9. The van der Waals surface area contributed by atoms with Gasteiger partial charge < -0.3 is 15.0 Å². The van der Waals surface area contributed by atoms with Crippen LogP contribution in [0, 0.1) is 5.92 Å². The number of hydrogen-bond acceptors (Lipinski definition) is 3. The van der Waals surface area contributed by atoms with Crippen LogP contribution < -0.4 is 15.0 Å². The van der Waals surface area contributed by atoms with Gasteiger partial charge in [-0.3, -0.25) is 9.59 Å². The molecule has 1 atom stereocenters. The quantitative estimate of drug-likeness (QED) is 0.815. The molecule has 0 unspecified atom stereocenters. The van der Waals surface area contributed by atoms with Crippen molar-refractivity contribution in [2.75, 3.05) is 23.9 Å². The largest absolute Gasteiger partial charge is 0.497 e. The minimum atomic E-state index is -0.657. The first-order valence-electron chi connectivity index (χ1n) is 7.60. The molecule has 0 saturated carbocycles. The van der Waals surface area contributed by atoms with E-state index >= 15 is 0 Å². The molecular formula is C18H17BrN2O3. The summed E-state index contributed by atoms with van der Waals surface area (Å²) in [6.45, 7) is 0.543. The van der Waals surface area contributed by atoms with Gasteiger partial charge in [-0.25, -0.2) is 0 Å². The fraction of sp³-hybridized carbons (Fsp3) is 0.222. The lowest BCUT2D eigenvalue weighted by atomic mass is 10.1. The molecule has 1 fully saturated rings. The van der Waals surface area contributed by atoms with E-state index in [2.05, 4.69) is 21.2 Å². The average Bonchev–Trinajstić information content (AvgIpc) is 2.98. The summed E-state index contributed by atoms with van der Waals surface area (Å²) in [6, 6.07) is 14.5. The highest BCUT2D eigenvalue weighted by Gasteiger charge is 2.37. The molecule has 0 bridgehead atoms. The van der Waals surface area contributed by atoms with Crippen molar-refractivity contribution in [1.82, 2.24) is 0 Å². The lowest BCUT2D eigenvalue weighted by Crippen LogP contribution is -2.33. The van der Waals surface area contributed by atoms with Crippen molar-refractivity contribution < 1.29 is 14.3 Å². The van der Waals surface area contributed by atoms with E-state index in [-0.39, 0.29) is 11.8 Å². The maximum atomic E-state index is 12.6. The molecule has 2 aromatic rings. The second kappa shape index (κ2) is 7.05. The highest BCUT2D eigenvalue weighted by molar-refractivity contribution is 9.10. The number of carbonyl (C=O) groups excluding carboxylic acids is 2. The Morgan fingerprint density at radius 1 is 1.17 bits per heavy atom. The monoisotopic (exact) mass is 388 g/mol. The van der Waals surface area contributed by atoms with E-state index in [0.29, 0.717) is 24.4 Å². The van der Waals surface area contributed by atoms with Crippen molar-refractivity contribution >= 4 is 39.1 Å². The SMILES string of the molecule is COc1ccc(NC(=O)[C@@H]2CCN(c3ccc(Br)cc3)C2=O)cc1. The molecule has 1 aliphatic rings. The van der Waals surface area contributed by atoms with E-state index in [1.807, 2.05) is 24.3 Å². The molecule has 5 nitrogen and oxygen atoms in total. The van der Waals surface area contributed by atoms with Gasteiger partial charge >= 0.3 is 0 Å². The van der Waals surface area contributed by atoms with Gasteiger partial charge in [0, 0.05) is 22.4 Å². The van der Waals surface area contributed by atoms with Crippen molar-refractivity contribution in [3.05, 3.63) is 53.0 Å². The number of methoxy groups -OCH3 is 1. The number of benzene rings is 2. The van der Waals surface area contributed by atoms with E-state index in [1.54, 1.807) is 36.3 Å². The summed E-state index contributed by atoms with van der Waals surface area (Å²) >= 11 is 3.38. The Labute approximate surface area is 148 Å². The van der Waals surface area contributed by atoms with Crippen molar-refractivity contribution in [1.29, 1.82) is 0 Å². The zero-order valence-corrected chi connectivity index (χ0v) is 14.7. The van der Waals surface area contributed by atoms with Crippen LogP contribution in [0.5, 0.6) is 5.75 Å². The van der Waals surface area contributed by atoms with Gasteiger partial charge in [-0.15, -0.1) is 0 Å². The summed E-state index contributed by atoms with van der Waals surface area (Å²) in [6.07, 6.45) is 0.511. The van der Waals surface area contributed by atoms with Gasteiger partial charge in [0.2, 0.25) is 11.8 Å². The Morgan fingerprint density at radius 2 is 1.83 bits per heavy atom. The van der Waals surface area contributed by atoms with Crippen LogP contribution in [0.25, 0.3) is 0 Å². The Kier molecular flexibility index (Phi) is 4.85. The zero-order chi connectivity index (χ0) is 17.1. The number of nitrogens with zero attached hydrogens (tertiary/aromatic N) is 1. The van der Waals surface area contributed by atoms with Crippen LogP contribution in [-0.4, -0.2) is 25.5 Å². The van der Waals surface area contributed by atoms with Crippen LogP contribution in [0.15, 0.2) is 53.0 Å². The Hall–Kier alpha value is -2.34. The summed E-state index contributed by atoms with van der Waals surface area (Å²) in [7, 11) is 1.58. The molecule has 2 amide bonds. The maximum absolute atomic E-state index is 12.6. The standard InChI is InChI=1S/C18H17BrN2O3/c1-24-15-8-4-13(5-9-15)20-17(22)16-10-11-21(18(16)23)14-6-2-12(19)3-7-14/h2-9,16H,10-11H2,1H3,(H,20,22)/t16-/m0/s1. The molecule has 2 aromatic carbocycles. The van der Waals surface area contributed by atoms with Crippen LogP contribution in [0.2, 0.25) is 0 Å². The second-order valence-electron chi connectivity index (χ2n) is 5.53. The summed E-state index contributed by atoms with van der Waals surface area (Å²) < 4.78 is 6.04. The fourth-order valence-corrected chi connectivity index (χ4v) is 2.97. The van der Waals surface area contributed by atoms with E-state index in [9.17, 15) is 9.59 Å². The normalized spacial score (nSPS) is 17.0. The fourth-order valence-electron chi connectivity index (χ4n) is 2.70. The molecule has 6 heteroatoms. The molecule has 1 saturated heterocycles. The van der Waals surface area contributed by atoms with Gasteiger partial charge in [-0.1, -0.05) is 15.9 Å². The van der Waals surface area contributed by atoms with Crippen molar-refractivity contribution in [3.8, 4) is 5.75 Å². The molecule has 1 N–H and O–H groups in total. The average molecular weight is 389 g/mol. The number of nitrogens with one attached hydrogen (secondary N) is 1. The second-order valence-corrected chi connectivity index (χ2v) is 6.44. The molecule has 3 rings (SSSR count). The molecule has 0 aliphatic carbocycles. The minimum absolute atomic E-state index is 0.164. The number of ether oxygens (including phenoxy) is 1. The van der Waals surface area contributed by atoms with Gasteiger partial charge in [0.05, 0.1) is 7.11 Å². The van der Waals surface area contributed by atoms with Crippen molar-refractivity contribution in [2.45, 2.75) is 6.42 Å². The first-order valence-corrected chi connectivity index (χ1v) is 8.39. The van der Waals surface area contributed by atoms with Gasteiger partial charge in [-0.2, -0.15) is 0 Å². The molecule has 0 spiro atoms. The molecule has 1 heterocycles. The predicted octanol–water partition coefficient (Wildman–Crippen LogP) is 3.45. The highest BCUT2D eigenvalue weighted by Crippen LogP contribution is 2.27. The van der Waals surface area contributed by atoms with Gasteiger partial charge in [0.25, 0.3) is 0 Å². The van der Waals surface area contributed by atoms with Crippen LogP contribution >= 0.6 is 15.9 Å². The zero-order valence-electron chi connectivity index (χ0n) is 13.2. The van der Waals surface area contributed by atoms with E-state index < -0.39 is 5.92 Å². The lowest BCUT2D eigenvalue weighted by molar-refractivity contribution is -0.129. The van der Waals surface area contributed by atoms with E-state index in [4.69, 9.17) is 4.74 Å². The van der Waals surface area contributed by atoms with Gasteiger partial charge in [0.15, 0.2) is 0 Å². The summed E-state index contributed by atoms with van der Waals surface area (Å²) in [5.41, 5.74) is 1.46. The predicted molar refractivity (Wildman–Crippen MR) is 96.2 cm³/mol. The van der Waals surface area contributed by atoms with Crippen LogP contribution in [0.3, 0.4) is 0 Å². The maximum Gasteiger partial charge on any atom is 0.239 e. The van der Waals surface area contributed by atoms with Crippen LogP contribution in [0.1, 0.15) is 6.42 Å². The van der Waals surface area contributed by atoms with E-state index in [1.165, 1.54) is 0 Å². The van der Waals surface area contributed by atoms with Gasteiger partial charge in [0.1, 0.15) is 11.7 Å². The smallest absolute Gasteiger partial charge is 0.239 e. The summed E-state index contributed by atoms with van der Waals surface area (Å²) in [4.78, 5) is 26.6. The number of hydrogen-bond donors (Lipinski definition) is 1. The molecule has 24 heavy (non-hydrogen) atoms. The topological polar surface area (TPSA) is 58.6 Å². The number of halogens is 1. The van der Waals surface area contributed by atoms with Gasteiger partial charge in [-0.05, 0) is 55.0 Å². The van der Waals surface area contributed by atoms with Crippen LogP contribution in [-0.2, 0) is 9.59 Å². The first kappa shape index (κ1) is 16.5. The molecular weight excluding hydrogens is 372 g/mol. The third kappa shape index (κ3) is 3.43. The van der Waals surface area contributed by atoms with E-state index in [0.717, 1.165) is 10.2 Å². The van der Waals surface area contributed by atoms with Crippen LogP contribution in [0.4, 0.5) is 11.4 Å². The molecule has 1 aliphatic heterocycles. The molecule has 0 aromatic heterocycles. The summed E-state index contributed by atoms with van der Waals surface area (Å²) in [5, 5.41) is 2.80. The van der Waals surface area contributed by atoms with Crippen molar-refractivity contribution in [3.63, 3.8) is 0 Å². The molecule has 124 valence electrons. The third-order valence-corrected chi connectivity index (χ3v) is 4.55. The molecule has 0 radical (unpaired) electrons. The first-order chi connectivity index (χ1) is 11.6. The van der Waals surface area contributed by atoms with Crippen molar-refractivity contribution in [2.24, 2.45) is 5.92 Å². The Balaban J connectivity index is 1.67.